The van der Waals surface area contributed by atoms with Gasteiger partial charge in [0, 0.05) is 34.6 Å². The lowest BCUT2D eigenvalue weighted by Gasteiger charge is -2.43. The molecule has 0 aromatic heterocycles. The van der Waals surface area contributed by atoms with Crippen LogP contribution in [0.4, 0.5) is 0 Å². The van der Waals surface area contributed by atoms with E-state index in [1.54, 1.807) is 0 Å². The molecular weight excluding hydrogens is 384 g/mol. The van der Waals surface area contributed by atoms with Crippen molar-refractivity contribution in [2.75, 3.05) is 6.61 Å². The molecule has 1 rings (SSSR count). The van der Waals surface area contributed by atoms with Gasteiger partial charge in [0.1, 0.15) is 12.7 Å². The first-order valence-electron chi connectivity index (χ1n) is 7.99. The fraction of sp³-hybridized carbons (Fsp3) is 0.688. The van der Waals surface area contributed by atoms with Crippen molar-refractivity contribution in [3.05, 3.63) is 0 Å². The summed E-state index contributed by atoms with van der Waals surface area (Å²) in [5.74, 6) is -2.76. The van der Waals surface area contributed by atoms with Gasteiger partial charge in [0.15, 0.2) is 28.9 Å². The van der Waals surface area contributed by atoms with E-state index in [1.807, 2.05) is 0 Å². The zero-order valence-corrected chi connectivity index (χ0v) is 16.4. The first-order valence-corrected chi connectivity index (χ1v) is 8.87. The van der Waals surface area contributed by atoms with Crippen LogP contribution >= 0.6 is 11.8 Å². The van der Waals surface area contributed by atoms with Crippen LogP contribution in [-0.4, -0.2) is 65.5 Å². The Morgan fingerprint density at radius 1 is 0.741 bits per heavy atom. The van der Waals surface area contributed by atoms with Crippen LogP contribution in [0, 0.1) is 0 Å². The molecule has 0 N–H and O–H groups in total. The monoisotopic (exact) mass is 406 g/mol. The van der Waals surface area contributed by atoms with Gasteiger partial charge in [-0.2, -0.15) is 0 Å². The third kappa shape index (κ3) is 7.55. The van der Waals surface area contributed by atoms with Crippen LogP contribution in [0.5, 0.6) is 0 Å². The normalized spacial score (nSPS) is 27.2. The predicted molar refractivity (Wildman–Crippen MR) is 90.2 cm³/mol. The fourth-order valence-electron chi connectivity index (χ4n) is 2.45. The highest BCUT2D eigenvalue weighted by atomic mass is 32.2. The lowest BCUT2D eigenvalue weighted by Crippen LogP contribution is -2.61. The minimum Gasteiger partial charge on any atom is -0.463 e. The zero-order valence-electron chi connectivity index (χ0n) is 15.6. The van der Waals surface area contributed by atoms with Crippen LogP contribution in [-0.2, 0) is 47.7 Å². The molecule has 0 aromatic carbocycles. The Bertz CT molecular complexity index is 604. The van der Waals surface area contributed by atoms with E-state index >= 15 is 0 Å². The number of carbonyl (C=O) groups excluding carboxylic acids is 5. The molecule has 0 unspecified atom stereocenters. The highest BCUT2D eigenvalue weighted by Gasteiger charge is 2.52. The second kappa shape index (κ2) is 10.3. The Morgan fingerprint density at radius 2 is 1.22 bits per heavy atom. The summed E-state index contributed by atoms with van der Waals surface area (Å²) in [6, 6.07) is 0. The van der Waals surface area contributed by atoms with Crippen molar-refractivity contribution < 1.29 is 47.7 Å². The van der Waals surface area contributed by atoms with E-state index in [2.05, 4.69) is 0 Å². The van der Waals surface area contributed by atoms with E-state index < -0.39 is 53.7 Å². The summed E-state index contributed by atoms with van der Waals surface area (Å²) in [6.45, 7) is 5.51. The van der Waals surface area contributed by atoms with Crippen molar-refractivity contribution >= 4 is 40.8 Å². The van der Waals surface area contributed by atoms with Crippen molar-refractivity contribution in [1.29, 1.82) is 0 Å². The van der Waals surface area contributed by atoms with Gasteiger partial charge in [-0.1, -0.05) is 11.8 Å². The van der Waals surface area contributed by atoms with Crippen LogP contribution in [0.15, 0.2) is 0 Å². The molecule has 0 bridgehead atoms. The van der Waals surface area contributed by atoms with Gasteiger partial charge in [0.05, 0.1) is 0 Å². The van der Waals surface area contributed by atoms with Crippen molar-refractivity contribution in [1.82, 2.24) is 0 Å². The number of hydrogen-bond donors (Lipinski definition) is 0. The lowest BCUT2D eigenvalue weighted by atomic mass is 9.99. The molecule has 11 heteroatoms. The second-order valence-corrected chi connectivity index (χ2v) is 6.95. The molecule has 1 heterocycles. The lowest BCUT2D eigenvalue weighted by molar-refractivity contribution is -0.237. The molecule has 1 saturated heterocycles. The summed E-state index contributed by atoms with van der Waals surface area (Å²) >= 11 is 0.705. The minimum absolute atomic E-state index is 0.327. The molecule has 0 aliphatic carbocycles. The van der Waals surface area contributed by atoms with Crippen LogP contribution in [0.3, 0.4) is 0 Å². The van der Waals surface area contributed by atoms with E-state index in [1.165, 1.54) is 13.8 Å². The predicted octanol–water partition coefficient (Wildman–Crippen LogP) is 0.349. The number of esters is 4. The van der Waals surface area contributed by atoms with Gasteiger partial charge in [-0.3, -0.25) is 24.0 Å². The van der Waals surface area contributed by atoms with Gasteiger partial charge in [0.2, 0.25) is 0 Å². The van der Waals surface area contributed by atoms with Crippen LogP contribution in [0.25, 0.3) is 0 Å². The topological polar surface area (TPSA) is 132 Å². The average molecular weight is 406 g/mol. The largest absolute Gasteiger partial charge is 0.463 e. The van der Waals surface area contributed by atoms with Crippen molar-refractivity contribution in [2.24, 2.45) is 0 Å². The Kier molecular flexibility index (Phi) is 8.70. The zero-order chi connectivity index (χ0) is 20.7. The number of hydrogen-bond acceptors (Lipinski definition) is 11. The smallest absolute Gasteiger partial charge is 0.303 e. The number of ether oxygens (including phenoxy) is 5. The van der Waals surface area contributed by atoms with Gasteiger partial charge in [0.25, 0.3) is 0 Å². The quantitative estimate of drug-likeness (QED) is 0.447. The average Bonchev–Trinajstić information content (AvgIpc) is 2.49. The molecule has 0 saturated carbocycles. The Labute approximate surface area is 160 Å². The molecule has 0 spiro atoms. The third-order valence-electron chi connectivity index (χ3n) is 3.23. The Hall–Kier alpha value is -2.14. The summed E-state index contributed by atoms with van der Waals surface area (Å²) in [5.41, 5.74) is -1.07. The van der Waals surface area contributed by atoms with E-state index in [4.69, 9.17) is 23.7 Å². The van der Waals surface area contributed by atoms with Crippen molar-refractivity contribution in [2.45, 2.75) is 64.5 Å². The summed E-state index contributed by atoms with van der Waals surface area (Å²) in [4.78, 5) is 57.3. The molecular formula is C16H22O10S. The van der Waals surface area contributed by atoms with Crippen LogP contribution in [0.2, 0.25) is 0 Å². The van der Waals surface area contributed by atoms with Crippen molar-refractivity contribution in [3.8, 4) is 0 Å². The molecule has 1 fully saturated rings. The highest BCUT2D eigenvalue weighted by molar-refractivity contribution is 8.14. The Morgan fingerprint density at radius 3 is 1.67 bits per heavy atom. The van der Waals surface area contributed by atoms with Gasteiger partial charge >= 0.3 is 23.9 Å². The molecule has 10 nitrogen and oxygen atoms in total. The molecule has 0 amide bonds. The van der Waals surface area contributed by atoms with Gasteiger partial charge < -0.3 is 23.7 Å². The number of rotatable bonds is 6. The van der Waals surface area contributed by atoms with Crippen molar-refractivity contribution in [3.63, 3.8) is 0 Å². The molecule has 0 radical (unpaired) electrons. The minimum atomic E-state index is -1.26. The molecule has 27 heavy (non-hydrogen) atoms. The summed E-state index contributed by atoms with van der Waals surface area (Å²) in [5, 5.41) is -0.351. The van der Waals surface area contributed by atoms with E-state index in [0.717, 1.165) is 20.8 Å². The molecule has 1 aliphatic rings. The third-order valence-corrected chi connectivity index (χ3v) is 4.17. The second-order valence-electron chi connectivity index (χ2n) is 5.68. The first kappa shape index (κ1) is 22.9. The standard InChI is InChI=1S/C16H22O10S/c1-7(17)22-6-12-13(23-8(2)18)14(24-9(3)19)15(25-10(4)20)16(26-12)27-11(5)21/h12-16H,6H2,1-5H3/t12-,13-,14+,15+,16-/m1/s1. The highest BCUT2D eigenvalue weighted by Crippen LogP contribution is 2.34. The summed E-state index contributed by atoms with van der Waals surface area (Å²) in [7, 11) is 0. The molecule has 152 valence electrons. The maximum absolute atomic E-state index is 11.6. The fourth-order valence-corrected chi connectivity index (χ4v) is 3.32. The Balaban J connectivity index is 3.29. The molecule has 1 aliphatic heterocycles. The van der Waals surface area contributed by atoms with Gasteiger partial charge in [-0.15, -0.1) is 0 Å². The molecule has 0 aromatic rings. The maximum atomic E-state index is 11.6. The summed E-state index contributed by atoms with van der Waals surface area (Å²) < 4.78 is 26.2. The molecule has 5 atom stereocenters. The van der Waals surface area contributed by atoms with Gasteiger partial charge in [-0.25, -0.2) is 0 Å². The number of carbonyl (C=O) groups is 5. The van der Waals surface area contributed by atoms with E-state index in [9.17, 15) is 24.0 Å². The van der Waals surface area contributed by atoms with E-state index in [0.29, 0.717) is 11.8 Å². The summed E-state index contributed by atoms with van der Waals surface area (Å²) in [6.07, 6.45) is -4.76. The maximum Gasteiger partial charge on any atom is 0.303 e. The van der Waals surface area contributed by atoms with Gasteiger partial charge in [-0.05, 0) is 0 Å². The van der Waals surface area contributed by atoms with Crippen LogP contribution < -0.4 is 0 Å². The van der Waals surface area contributed by atoms with Crippen LogP contribution in [0.1, 0.15) is 34.6 Å². The number of thioether (sulfide) groups is 1. The van der Waals surface area contributed by atoms with E-state index in [-0.39, 0.29) is 11.7 Å². The first-order chi connectivity index (χ1) is 12.5. The SMILES string of the molecule is CC(=O)OC[C@H]1O[C@H](SC(C)=O)[C@@H](OC(C)=O)[C@@H](OC(C)=O)[C@@H]1OC(C)=O.